The first-order valence-corrected chi connectivity index (χ1v) is 5.93. The molecule has 9 heteroatoms. The number of aromatic nitrogens is 3. The van der Waals surface area contributed by atoms with Gasteiger partial charge in [0, 0.05) is 26.1 Å². The van der Waals surface area contributed by atoms with Crippen LogP contribution in [0.15, 0.2) is 6.20 Å². The van der Waals surface area contributed by atoms with E-state index in [1.54, 1.807) is 4.68 Å². The highest BCUT2D eigenvalue weighted by Gasteiger charge is 2.26. The largest absolute Gasteiger partial charge is 0.389 e. The van der Waals surface area contributed by atoms with Gasteiger partial charge in [0.15, 0.2) is 5.69 Å². The average Bonchev–Trinajstić information content (AvgIpc) is 2.69. The molecule has 0 aliphatic carbocycles. The lowest BCUT2D eigenvalue weighted by Crippen LogP contribution is -2.43. The molecule has 0 saturated carbocycles. The Hall–Kier alpha value is -1.64. The molecule has 2 N–H and O–H groups in total. The second-order valence-electron chi connectivity index (χ2n) is 4.37. The highest BCUT2D eigenvalue weighted by Crippen LogP contribution is 2.20. The lowest BCUT2D eigenvalue weighted by Gasteiger charge is -2.26. The van der Waals surface area contributed by atoms with Gasteiger partial charge in [0.05, 0.1) is 12.2 Å². The van der Waals surface area contributed by atoms with Crippen molar-refractivity contribution in [2.75, 3.05) is 19.6 Å². The van der Waals surface area contributed by atoms with Crippen LogP contribution in [0, 0.1) is 0 Å². The van der Waals surface area contributed by atoms with E-state index in [1.807, 2.05) is 0 Å². The molecule has 1 fully saturated rings. The molecule has 1 aromatic heterocycles. The number of hydrogen-bond acceptors (Lipinski definition) is 4. The summed E-state index contributed by atoms with van der Waals surface area (Å²) >= 11 is 0. The van der Waals surface area contributed by atoms with E-state index in [9.17, 15) is 18.0 Å². The second-order valence-corrected chi connectivity index (χ2v) is 4.37. The maximum Gasteiger partial charge on any atom is 0.389 e. The third kappa shape index (κ3) is 3.91. The van der Waals surface area contributed by atoms with Crippen molar-refractivity contribution in [1.29, 1.82) is 0 Å². The first-order chi connectivity index (χ1) is 8.96. The molecule has 0 unspecified atom stereocenters. The fourth-order valence-electron chi connectivity index (χ4n) is 1.60. The normalized spacial score (nSPS) is 16.2. The molecule has 106 valence electrons. The minimum atomic E-state index is -4.19. The molecule has 0 atom stereocenters. The lowest BCUT2D eigenvalue weighted by atomic mass is 10.2. The van der Waals surface area contributed by atoms with E-state index < -0.39 is 18.5 Å². The molecule has 1 amide bonds. The van der Waals surface area contributed by atoms with Gasteiger partial charge in [0.1, 0.15) is 0 Å². The maximum absolute atomic E-state index is 11.9. The van der Waals surface area contributed by atoms with Gasteiger partial charge in [-0.2, -0.15) is 13.2 Å². The van der Waals surface area contributed by atoms with Crippen molar-refractivity contribution in [2.24, 2.45) is 0 Å². The van der Waals surface area contributed by atoms with E-state index in [2.05, 4.69) is 20.9 Å². The topological polar surface area (TPSA) is 71.8 Å². The quantitative estimate of drug-likeness (QED) is 0.769. The van der Waals surface area contributed by atoms with Crippen LogP contribution in [-0.2, 0) is 0 Å². The van der Waals surface area contributed by atoms with Gasteiger partial charge in [-0.3, -0.25) is 4.79 Å². The Morgan fingerprint density at radius 1 is 1.53 bits per heavy atom. The molecule has 1 aromatic rings. The molecule has 0 bridgehead atoms. The van der Waals surface area contributed by atoms with E-state index >= 15 is 0 Å². The minimum absolute atomic E-state index is 0.0316. The zero-order chi connectivity index (χ0) is 13.9. The zero-order valence-corrected chi connectivity index (χ0v) is 10.1. The standard InChI is InChI=1S/C10H14F3N5O/c11-10(12,13)2-1-3-15-9(19)8-6-18(17-16-8)7-4-14-5-7/h6-7,14H,1-5H2,(H,15,19). The number of carbonyl (C=O) groups excluding carboxylic acids is 1. The van der Waals surface area contributed by atoms with Gasteiger partial charge < -0.3 is 10.6 Å². The van der Waals surface area contributed by atoms with Gasteiger partial charge in [-0.15, -0.1) is 5.10 Å². The van der Waals surface area contributed by atoms with Crippen LogP contribution in [0.25, 0.3) is 0 Å². The molecule has 1 aliphatic heterocycles. The molecule has 1 aliphatic rings. The molecule has 2 heterocycles. The SMILES string of the molecule is O=C(NCCCC(F)(F)F)c1cn(C2CNC2)nn1. The van der Waals surface area contributed by atoms with Crippen LogP contribution in [0.5, 0.6) is 0 Å². The Morgan fingerprint density at radius 3 is 2.84 bits per heavy atom. The van der Waals surface area contributed by atoms with Crippen LogP contribution < -0.4 is 10.6 Å². The van der Waals surface area contributed by atoms with E-state index in [0.717, 1.165) is 13.1 Å². The molecular formula is C10H14F3N5O. The minimum Gasteiger partial charge on any atom is -0.351 e. The Labute approximate surface area is 107 Å². The van der Waals surface area contributed by atoms with Crippen molar-refractivity contribution in [1.82, 2.24) is 25.6 Å². The van der Waals surface area contributed by atoms with Crippen molar-refractivity contribution >= 4 is 5.91 Å². The molecule has 1 saturated heterocycles. The molecule has 0 spiro atoms. The van der Waals surface area contributed by atoms with E-state index in [0.29, 0.717) is 0 Å². The smallest absolute Gasteiger partial charge is 0.351 e. The Balaban J connectivity index is 1.75. The first kappa shape index (κ1) is 13.8. The first-order valence-electron chi connectivity index (χ1n) is 5.93. The van der Waals surface area contributed by atoms with Gasteiger partial charge in [-0.25, -0.2) is 4.68 Å². The molecule has 6 nitrogen and oxygen atoms in total. The summed E-state index contributed by atoms with van der Waals surface area (Å²) in [7, 11) is 0. The van der Waals surface area contributed by atoms with Gasteiger partial charge in [0.2, 0.25) is 0 Å². The highest BCUT2D eigenvalue weighted by atomic mass is 19.4. The Kier molecular flexibility index (Phi) is 4.03. The van der Waals surface area contributed by atoms with Gasteiger partial charge >= 0.3 is 6.18 Å². The van der Waals surface area contributed by atoms with Gasteiger partial charge in [-0.1, -0.05) is 5.21 Å². The van der Waals surface area contributed by atoms with Gasteiger partial charge in [0.25, 0.3) is 5.91 Å². The number of carbonyl (C=O) groups is 1. The predicted molar refractivity (Wildman–Crippen MR) is 59.6 cm³/mol. The van der Waals surface area contributed by atoms with Gasteiger partial charge in [-0.05, 0) is 6.42 Å². The van der Waals surface area contributed by atoms with E-state index in [1.165, 1.54) is 6.20 Å². The van der Waals surface area contributed by atoms with Crippen LogP contribution in [0.3, 0.4) is 0 Å². The fourth-order valence-corrected chi connectivity index (χ4v) is 1.60. The van der Waals surface area contributed by atoms with Crippen molar-refractivity contribution in [3.05, 3.63) is 11.9 Å². The van der Waals surface area contributed by atoms with Crippen LogP contribution in [0.1, 0.15) is 29.4 Å². The monoisotopic (exact) mass is 277 g/mol. The number of hydrogen-bond donors (Lipinski definition) is 2. The highest BCUT2D eigenvalue weighted by molar-refractivity contribution is 5.91. The summed E-state index contributed by atoms with van der Waals surface area (Å²) in [6.45, 7) is 1.52. The number of rotatable bonds is 5. The van der Waals surface area contributed by atoms with E-state index in [4.69, 9.17) is 0 Å². The average molecular weight is 277 g/mol. The number of nitrogens with zero attached hydrogens (tertiary/aromatic N) is 3. The summed E-state index contributed by atoms with van der Waals surface area (Å²) < 4.78 is 37.3. The second kappa shape index (κ2) is 5.55. The maximum atomic E-state index is 11.9. The number of nitrogens with one attached hydrogen (secondary N) is 2. The molecule has 0 aromatic carbocycles. The van der Waals surface area contributed by atoms with Crippen molar-refractivity contribution in [3.63, 3.8) is 0 Å². The predicted octanol–water partition coefficient (Wildman–Crippen LogP) is 0.495. The lowest BCUT2D eigenvalue weighted by molar-refractivity contribution is -0.135. The van der Waals surface area contributed by atoms with Crippen LogP contribution in [-0.4, -0.2) is 46.7 Å². The Morgan fingerprint density at radius 2 is 2.26 bits per heavy atom. The van der Waals surface area contributed by atoms with E-state index in [-0.39, 0.29) is 24.7 Å². The Bertz CT molecular complexity index is 441. The van der Waals surface area contributed by atoms with Crippen LogP contribution in [0.2, 0.25) is 0 Å². The number of halogens is 3. The summed E-state index contributed by atoms with van der Waals surface area (Å²) in [5.74, 6) is -0.499. The fraction of sp³-hybridized carbons (Fsp3) is 0.700. The molecular weight excluding hydrogens is 263 g/mol. The van der Waals surface area contributed by atoms with Crippen molar-refractivity contribution in [2.45, 2.75) is 25.1 Å². The zero-order valence-electron chi connectivity index (χ0n) is 10.1. The van der Waals surface area contributed by atoms with Crippen molar-refractivity contribution < 1.29 is 18.0 Å². The van der Waals surface area contributed by atoms with Crippen LogP contribution >= 0.6 is 0 Å². The number of alkyl halides is 3. The molecule has 19 heavy (non-hydrogen) atoms. The molecule has 2 rings (SSSR count). The summed E-state index contributed by atoms with van der Waals surface area (Å²) in [6, 6.07) is 0.194. The molecule has 0 radical (unpaired) electrons. The summed E-state index contributed by atoms with van der Waals surface area (Å²) in [6.07, 6.45) is -3.74. The number of amides is 1. The summed E-state index contributed by atoms with van der Waals surface area (Å²) in [5, 5.41) is 13.0. The van der Waals surface area contributed by atoms with Crippen LogP contribution in [0.4, 0.5) is 13.2 Å². The van der Waals surface area contributed by atoms with Crippen molar-refractivity contribution in [3.8, 4) is 0 Å². The third-order valence-electron chi connectivity index (χ3n) is 2.80. The summed E-state index contributed by atoms with van der Waals surface area (Å²) in [5.41, 5.74) is 0.124. The third-order valence-corrected chi connectivity index (χ3v) is 2.80. The summed E-state index contributed by atoms with van der Waals surface area (Å²) in [4.78, 5) is 11.6.